The van der Waals surface area contributed by atoms with Crippen molar-refractivity contribution in [3.8, 4) is 11.5 Å². The Balaban J connectivity index is 3.59. The number of hydrogen-bond acceptors (Lipinski definition) is 3. The lowest BCUT2D eigenvalue weighted by atomic mass is 9.91. The van der Waals surface area contributed by atoms with Crippen molar-refractivity contribution in [1.29, 1.82) is 0 Å². The Bertz CT molecular complexity index is 999. The minimum absolute atomic E-state index is 0.273. The van der Waals surface area contributed by atoms with Crippen LogP contribution in [0.4, 0.5) is 80.3 Å². The first-order chi connectivity index (χ1) is 15.8. The number of rotatable bonds is 9. The van der Waals surface area contributed by atoms with E-state index in [1.165, 1.54) is 0 Å². The number of ether oxygens (including phenoxy) is 2. The van der Waals surface area contributed by atoms with Crippen molar-refractivity contribution in [1.82, 2.24) is 0 Å². The van der Waals surface area contributed by atoms with Crippen molar-refractivity contribution in [2.45, 2.75) is 41.7 Å². The molecule has 0 spiro atoms. The average Bonchev–Trinajstić information content (AvgIpc) is 2.72. The minimum Gasteiger partial charge on any atom is -0.494 e. The molecule has 0 fully saturated rings. The number of benzene rings is 1. The Labute approximate surface area is 187 Å². The molecule has 1 rings (SSSR count). The summed E-state index contributed by atoms with van der Waals surface area (Å²) in [7, 11) is 0.900. The standard InChI is InChI=1S/C16H8F17NO2/c1-35-7-4-5(2-3-6(7)34)36-9(18)8(17)10(19,20)11(21,22)12(23,24)13(25,26)14(27,28)15(29,30)16(31,32)33/h2-4H,34H2,1H3. The molecule has 0 aromatic heterocycles. The zero-order chi connectivity index (χ0) is 28.9. The van der Waals surface area contributed by atoms with Crippen LogP contribution in [-0.4, -0.2) is 48.8 Å². The minimum atomic E-state index is -8.64. The van der Waals surface area contributed by atoms with E-state index >= 15 is 0 Å². The summed E-state index contributed by atoms with van der Waals surface area (Å²) in [5.41, 5.74) is 5.01. The Kier molecular flexibility index (Phi) is 7.74. The molecule has 208 valence electrons. The zero-order valence-electron chi connectivity index (χ0n) is 16.6. The van der Waals surface area contributed by atoms with Crippen LogP contribution in [0.3, 0.4) is 0 Å². The number of nitrogens with two attached hydrogens (primary N) is 1. The number of nitrogen functional groups attached to an aromatic ring is 1. The molecule has 0 heterocycles. The molecule has 0 bridgehead atoms. The molecular formula is C16H8F17NO2. The first kappa shape index (κ1) is 31.2. The van der Waals surface area contributed by atoms with Crippen molar-refractivity contribution >= 4 is 5.69 Å². The molecule has 0 aliphatic rings. The smallest absolute Gasteiger partial charge is 0.460 e. The van der Waals surface area contributed by atoms with Crippen LogP contribution in [0.25, 0.3) is 0 Å². The maximum absolute atomic E-state index is 13.7. The molecule has 0 atom stereocenters. The Morgan fingerprint density at radius 3 is 1.50 bits per heavy atom. The number of anilines is 1. The summed E-state index contributed by atoms with van der Waals surface area (Å²) in [6, 6.07) is -1.87. The second-order valence-electron chi connectivity index (χ2n) is 6.54. The van der Waals surface area contributed by atoms with Crippen molar-refractivity contribution in [2.24, 2.45) is 0 Å². The molecule has 0 radical (unpaired) electrons. The van der Waals surface area contributed by atoms with Gasteiger partial charge in [-0.15, -0.1) is 0 Å². The lowest BCUT2D eigenvalue weighted by Crippen LogP contribution is -2.72. The van der Waals surface area contributed by atoms with Crippen molar-refractivity contribution in [3.05, 3.63) is 30.0 Å². The third-order valence-electron chi connectivity index (χ3n) is 4.19. The van der Waals surface area contributed by atoms with Crippen LogP contribution < -0.4 is 15.2 Å². The Morgan fingerprint density at radius 1 is 0.667 bits per heavy atom. The van der Waals surface area contributed by atoms with E-state index in [0.717, 1.165) is 13.2 Å². The highest BCUT2D eigenvalue weighted by atomic mass is 19.4. The second-order valence-corrected chi connectivity index (χ2v) is 6.54. The van der Waals surface area contributed by atoms with Crippen molar-refractivity contribution in [3.63, 3.8) is 0 Å². The molecule has 0 amide bonds. The highest BCUT2D eigenvalue weighted by Gasteiger charge is 2.93. The third kappa shape index (κ3) is 4.41. The first-order valence-electron chi connectivity index (χ1n) is 8.26. The highest BCUT2D eigenvalue weighted by Crippen LogP contribution is 2.63. The lowest BCUT2D eigenvalue weighted by Gasteiger charge is -2.41. The van der Waals surface area contributed by atoms with Crippen molar-refractivity contribution in [2.75, 3.05) is 12.8 Å². The third-order valence-corrected chi connectivity index (χ3v) is 4.19. The average molecular weight is 569 g/mol. The fraction of sp³-hybridized carbons (Fsp3) is 0.500. The van der Waals surface area contributed by atoms with Gasteiger partial charge in [0.2, 0.25) is 5.83 Å². The predicted octanol–water partition coefficient (Wildman–Crippen LogP) is 7.14. The van der Waals surface area contributed by atoms with E-state index in [4.69, 9.17) is 5.73 Å². The first-order valence-corrected chi connectivity index (χ1v) is 8.26. The quantitative estimate of drug-likeness (QED) is 0.196. The highest BCUT2D eigenvalue weighted by molar-refractivity contribution is 5.55. The fourth-order valence-electron chi connectivity index (χ4n) is 2.13. The molecule has 0 saturated carbocycles. The molecular weight excluding hydrogens is 561 g/mol. The summed E-state index contributed by atoms with van der Waals surface area (Å²) >= 11 is 0. The monoisotopic (exact) mass is 569 g/mol. The van der Waals surface area contributed by atoms with E-state index in [1.807, 2.05) is 0 Å². The van der Waals surface area contributed by atoms with E-state index in [0.29, 0.717) is 12.1 Å². The van der Waals surface area contributed by atoms with Crippen LogP contribution in [-0.2, 0) is 0 Å². The van der Waals surface area contributed by atoms with Gasteiger partial charge in [-0.2, -0.15) is 74.6 Å². The summed E-state index contributed by atoms with van der Waals surface area (Å²) in [6.07, 6.45) is -7.79. The molecule has 0 unspecified atom stereocenters. The van der Waals surface area contributed by atoms with Crippen LogP contribution in [0, 0.1) is 0 Å². The van der Waals surface area contributed by atoms with Gasteiger partial charge in [0.1, 0.15) is 11.5 Å². The zero-order valence-corrected chi connectivity index (χ0v) is 16.6. The Morgan fingerprint density at radius 2 is 1.08 bits per heavy atom. The van der Waals surface area contributed by atoms with Crippen LogP contribution >= 0.6 is 0 Å². The Hall–Kier alpha value is -2.83. The van der Waals surface area contributed by atoms with Crippen molar-refractivity contribution < 1.29 is 84.1 Å². The summed E-state index contributed by atoms with van der Waals surface area (Å²) in [4.78, 5) is 0. The summed E-state index contributed by atoms with van der Waals surface area (Å²) in [5.74, 6) is -55.9. The van der Waals surface area contributed by atoms with E-state index in [1.54, 1.807) is 0 Å². The normalized spacial score (nSPS) is 15.5. The van der Waals surface area contributed by atoms with Gasteiger partial charge in [-0.25, -0.2) is 0 Å². The second kappa shape index (κ2) is 8.93. The van der Waals surface area contributed by atoms with Gasteiger partial charge in [0, 0.05) is 6.07 Å². The maximum atomic E-state index is 13.7. The van der Waals surface area contributed by atoms with Gasteiger partial charge < -0.3 is 15.2 Å². The largest absolute Gasteiger partial charge is 0.494 e. The molecule has 1 aromatic carbocycles. The van der Waals surface area contributed by atoms with Gasteiger partial charge in [0.15, 0.2) is 0 Å². The van der Waals surface area contributed by atoms with Crippen LogP contribution in [0.1, 0.15) is 0 Å². The summed E-state index contributed by atoms with van der Waals surface area (Å²) in [5, 5.41) is 0. The molecule has 3 nitrogen and oxygen atoms in total. The SMILES string of the molecule is COc1cc(OC(F)=C(F)C(F)(F)C(F)(F)C(F)(F)C(F)(F)C(F)(F)C(F)(F)C(F)(F)F)ccc1N. The van der Waals surface area contributed by atoms with Gasteiger partial charge in [0.05, 0.1) is 12.8 Å². The van der Waals surface area contributed by atoms with E-state index in [-0.39, 0.29) is 5.69 Å². The van der Waals surface area contributed by atoms with Gasteiger partial charge in [-0.05, 0) is 12.1 Å². The van der Waals surface area contributed by atoms with Gasteiger partial charge in [0.25, 0.3) is 0 Å². The molecule has 0 aliphatic carbocycles. The molecule has 20 heteroatoms. The van der Waals surface area contributed by atoms with Crippen LogP contribution in [0.15, 0.2) is 30.0 Å². The van der Waals surface area contributed by atoms with E-state index in [9.17, 15) is 74.6 Å². The van der Waals surface area contributed by atoms with Crippen LogP contribution in [0.2, 0.25) is 0 Å². The van der Waals surface area contributed by atoms with E-state index in [2.05, 4.69) is 9.47 Å². The fourth-order valence-corrected chi connectivity index (χ4v) is 2.13. The molecule has 36 heavy (non-hydrogen) atoms. The lowest BCUT2D eigenvalue weighted by molar-refractivity contribution is -0.451. The number of allylic oxidation sites excluding steroid dienone is 1. The molecule has 2 N–H and O–H groups in total. The van der Waals surface area contributed by atoms with Gasteiger partial charge in [-0.3, -0.25) is 0 Å². The summed E-state index contributed by atoms with van der Waals surface area (Å²) in [6.45, 7) is 0. The maximum Gasteiger partial charge on any atom is 0.460 e. The van der Waals surface area contributed by atoms with Gasteiger partial charge in [-0.1, -0.05) is 0 Å². The predicted molar refractivity (Wildman–Crippen MR) is 83.0 cm³/mol. The number of methoxy groups -OCH3 is 1. The van der Waals surface area contributed by atoms with E-state index < -0.39 is 65.1 Å². The number of halogens is 17. The summed E-state index contributed by atoms with van der Waals surface area (Å²) < 4.78 is 232. The number of alkyl halides is 15. The van der Waals surface area contributed by atoms with Gasteiger partial charge >= 0.3 is 47.7 Å². The topological polar surface area (TPSA) is 44.5 Å². The van der Waals surface area contributed by atoms with Crippen LogP contribution in [0.5, 0.6) is 11.5 Å². The molecule has 1 aromatic rings. The molecule has 0 saturated heterocycles. The number of hydrogen-bond donors (Lipinski definition) is 1. The molecule has 0 aliphatic heterocycles.